The van der Waals surface area contributed by atoms with Gasteiger partial charge in [-0.2, -0.15) is 0 Å². The van der Waals surface area contributed by atoms with Crippen molar-refractivity contribution in [3.05, 3.63) is 0 Å². The van der Waals surface area contributed by atoms with Gasteiger partial charge >= 0.3 is 0 Å². The molecule has 98 valence electrons. The van der Waals surface area contributed by atoms with E-state index in [0.717, 1.165) is 12.8 Å². The van der Waals surface area contributed by atoms with Gasteiger partial charge in [-0.15, -0.1) is 0 Å². The summed E-state index contributed by atoms with van der Waals surface area (Å²) in [6.07, 6.45) is 4.99. The van der Waals surface area contributed by atoms with Gasteiger partial charge in [-0.1, -0.05) is 32.0 Å². The Morgan fingerprint density at radius 1 is 1.41 bits per heavy atom. The van der Waals surface area contributed by atoms with Crippen molar-refractivity contribution in [3.63, 3.8) is 0 Å². The lowest BCUT2D eigenvalue weighted by Gasteiger charge is -2.34. The Kier molecular flexibility index (Phi) is 4.92. The van der Waals surface area contributed by atoms with Crippen molar-refractivity contribution in [1.82, 2.24) is 4.90 Å². The zero-order valence-electron chi connectivity index (χ0n) is 11.2. The highest BCUT2D eigenvalue weighted by atomic mass is 32.1. The number of thiocarbonyl (C=S) groups is 1. The predicted octanol–water partition coefficient (Wildman–Crippen LogP) is 2.48. The molecule has 0 aromatic heterocycles. The Balaban J connectivity index is 2.69. The van der Waals surface area contributed by atoms with Crippen LogP contribution in [0.4, 0.5) is 0 Å². The first-order valence-electron chi connectivity index (χ1n) is 6.46. The van der Waals surface area contributed by atoms with Gasteiger partial charge in [0.15, 0.2) is 0 Å². The highest BCUT2D eigenvalue weighted by Gasteiger charge is 2.39. The molecule has 17 heavy (non-hydrogen) atoms. The first-order valence-corrected chi connectivity index (χ1v) is 6.87. The summed E-state index contributed by atoms with van der Waals surface area (Å²) in [6, 6.07) is 0.217. The molecule has 0 radical (unpaired) electrons. The average molecular weight is 256 g/mol. The lowest BCUT2D eigenvalue weighted by Crippen LogP contribution is -2.46. The molecule has 1 rings (SSSR count). The van der Waals surface area contributed by atoms with E-state index >= 15 is 0 Å². The summed E-state index contributed by atoms with van der Waals surface area (Å²) in [4.78, 5) is 15.0. The number of carbonyl (C=O) groups is 1. The topological polar surface area (TPSA) is 46.3 Å². The average Bonchev–Trinajstić information content (AvgIpc) is 2.65. The van der Waals surface area contributed by atoms with Crippen LogP contribution in [0.2, 0.25) is 0 Å². The van der Waals surface area contributed by atoms with Crippen LogP contribution in [0.15, 0.2) is 0 Å². The zero-order valence-corrected chi connectivity index (χ0v) is 12.0. The van der Waals surface area contributed by atoms with E-state index in [-0.39, 0.29) is 17.4 Å². The van der Waals surface area contributed by atoms with Gasteiger partial charge < -0.3 is 10.6 Å². The lowest BCUT2D eigenvalue weighted by molar-refractivity contribution is -0.142. The molecule has 0 atom stereocenters. The van der Waals surface area contributed by atoms with Crippen LogP contribution in [0.5, 0.6) is 0 Å². The lowest BCUT2D eigenvalue weighted by atomic mass is 9.86. The van der Waals surface area contributed by atoms with Crippen LogP contribution in [0.25, 0.3) is 0 Å². The number of nitrogens with two attached hydrogens (primary N) is 1. The van der Waals surface area contributed by atoms with E-state index in [1.807, 2.05) is 4.90 Å². The molecule has 0 heterocycles. The summed E-state index contributed by atoms with van der Waals surface area (Å²) < 4.78 is 0. The third-order valence-corrected chi connectivity index (χ3v) is 3.91. The number of hydrogen-bond acceptors (Lipinski definition) is 2. The third kappa shape index (κ3) is 3.66. The van der Waals surface area contributed by atoms with Gasteiger partial charge in [0.25, 0.3) is 0 Å². The van der Waals surface area contributed by atoms with Crippen molar-refractivity contribution in [3.8, 4) is 0 Å². The molecule has 1 aliphatic carbocycles. The van der Waals surface area contributed by atoms with Crippen LogP contribution in [0, 0.1) is 5.41 Å². The quantitative estimate of drug-likeness (QED) is 0.769. The van der Waals surface area contributed by atoms with E-state index in [1.165, 1.54) is 12.8 Å². The van der Waals surface area contributed by atoms with Crippen molar-refractivity contribution in [2.45, 2.75) is 58.9 Å². The molecular weight excluding hydrogens is 232 g/mol. The second-order valence-electron chi connectivity index (χ2n) is 5.58. The first-order chi connectivity index (χ1) is 7.87. The molecule has 0 bridgehead atoms. The first kappa shape index (κ1) is 14.4. The molecule has 0 aliphatic heterocycles. The molecule has 2 N–H and O–H groups in total. The Labute approximate surface area is 110 Å². The van der Waals surface area contributed by atoms with Gasteiger partial charge in [-0.3, -0.25) is 4.79 Å². The molecule has 0 unspecified atom stereocenters. The maximum Gasteiger partial charge on any atom is 0.228 e. The number of carbonyl (C=O) groups excluding carboxylic acids is 1. The Bertz CT molecular complexity index is 296. The predicted molar refractivity (Wildman–Crippen MR) is 74.8 cm³/mol. The van der Waals surface area contributed by atoms with E-state index in [0.29, 0.717) is 18.0 Å². The highest BCUT2D eigenvalue weighted by molar-refractivity contribution is 7.80. The largest absolute Gasteiger partial charge is 0.393 e. The van der Waals surface area contributed by atoms with Gasteiger partial charge in [0.2, 0.25) is 5.91 Å². The Morgan fingerprint density at radius 2 is 1.94 bits per heavy atom. The molecule has 1 saturated carbocycles. The fraction of sp³-hybridized carbons (Fsp3) is 0.846. The number of nitrogens with zero attached hydrogens (tertiary/aromatic N) is 1. The Morgan fingerprint density at radius 3 is 2.35 bits per heavy atom. The van der Waals surface area contributed by atoms with Gasteiger partial charge in [0, 0.05) is 24.4 Å². The standard InChI is InChI=1S/C13H24N2OS/c1-10(2)15(9-6-11(14)17)12(16)13(3)7-4-5-8-13/h10H,4-9H2,1-3H3,(H2,14,17). The minimum Gasteiger partial charge on any atom is -0.393 e. The number of hydrogen-bond donors (Lipinski definition) is 1. The zero-order chi connectivity index (χ0) is 13.1. The summed E-state index contributed by atoms with van der Waals surface area (Å²) in [5.41, 5.74) is 5.37. The number of rotatable bonds is 5. The minimum absolute atomic E-state index is 0.152. The van der Waals surface area contributed by atoms with Crippen LogP contribution in [-0.2, 0) is 4.79 Å². The van der Waals surface area contributed by atoms with Crippen molar-refractivity contribution in [2.75, 3.05) is 6.54 Å². The highest BCUT2D eigenvalue weighted by Crippen LogP contribution is 2.39. The maximum absolute atomic E-state index is 12.6. The molecule has 0 aromatic rings. The molecule has 1 aliphatic rings. The number of amides is 1. The van der Waals surface area contributed by atoms with Crippen LogP contribution >= 0.6 is 12.2 Å². The van der Waals surface area contributed by atoms with Crippen molar-refractivity contribution < 1.29 is 4.79 Å². The molecule has 1 amide bonds. The van der Waals surface area contributed by atoms with Crippen molar-refractivity contribution in [2.24, 2.45) is 11.1 Å². The van der Waals surface area contributed by atoms with Gasteiger partial charge in [0.1, 0.15) is 0 Å². The molecule has 4 heteroatoms. The summed E-state index contributed by atoms with van der Waals surface area (Å²) in [6.45, 7) is 6.85. The molecule has 0 saturated heterocycles. The minimum atomic E-state index is -0.152. The van der Waals surface area contributed by atoms with E-state index in [1.54, 1.807) is 0 Å². The SMILES string of the molecule is CC(C)N(CCC(N)=S)C(=O)C1(C)CCCC1. The van der Waals surface area contributed by atoms with Gasteiger partial charge in [0.05, 0.1) is 4.99 Å². The fourth-order valence-corrected chi connectivity index (χ4v) is 2.63. The second-order valence-corrected chi connectivity index (χ2v) is 6.10. The van der Waals surface area contributed by atoms with Crippen LogP contribution in [0.1, 0.15) is 52.9 Å². The summed E-state index contributed by atoms with van der Waals surface area (Å²) in [5, 5.41) is 0. The summed E-state index contributed by atoms with van der Waals surface area (Å²) in [5.74, 6) is 0.279. The van der Waals surface area contributed by atoms with E-state index in [9.17, 15) is 4.79 Å². The monoisotopic (exact) mass is 256 g/mol. The van der Waals surface area contributed by atoms with Crippen LogP contribution in [-0.4, -0.2) is 28.4 Å². The molecular formula is C13H24N2OS. The molecule has 1 fully saturated rings. The van der Waals surface area contributed by atoms with Gasteiger partial charge in [-0.25, -0.2) is 0 Å². The summed E-state index contributed by atoms with van der Waals surface area (Å²) >= 11 is 4.89. The molecule has 3 nitrogen and oxygen atoms in total. The van der Waals surface area contributed by atoms with Crippen LogP contribution < -0.4 is 5.73 Å². The van der Waals surface area contributed by atoms with E-state index in [2.05, 4.69) is 20.8 Å². The van der Waals surface area contributed by atoms with Gasteiger partial charge in [-0.05, 0) is 26.7 Å². The molecule has 0 spiro atoms. The Hall–Kier alpha value is -0.640. The molecule has 0 aromatic carbocycles. The maximum atomic E-state index is 12.6. The van der Waals surface area contributed by atoms with Crippen molar-refractivity contribution in [1.29, 1.82) is 0 Å². The third-order valence-electron chi connectivity index (χ3n) is 3.71. The second kappa shape index (κ2) is 5.80. The van der Waals surface area contributed by atoms with E-state index in [4.69, 9.17) is 18.0 Å². The smallest absolute Gasteiger partial charge is 0.228 e. The van der Waals surface area contributed by atoms with Crippen molar-refractivity contribution >= 4 is 23.1 Å². The normalized spacial score (nSPS) is 18.4. The van der Waals surface area contributed by atoms with Crippen LogP contribution in [0.3, 0.4) is 0 Å². The summed E-state index contributed by atoms with van der Waals surface area (Å²) in [7, 11) is 0. The fourth-order valence-electron chi connectivity index (χ4n) is 2.54. The van der Waals surface area contributed by atoms with E-state index < -0.39 is 0 Å².